The summed E-state index contributed by atoms with van der Waals surface area (Å²) in [6.45, 7) is 2.05. The fourth-order valence-corrected chi connectivity index (χ4v) is 2.39. The van der Waals surface area contributed by atoms with Crippen LogP contribution in [0.3, 0.4) is 0 Å². The summed E-state index contributed by atoms with van der Waals surface area (Å²) in [5, 5.41) is 9.25. The van der Waals surface area contributed by atoms with Gasteiger partial charge >= 0.3 is 0 Å². The molecule has 2 aromatic carbocycles. The lowest BCUT2D eigenvalue weighted by Gasteiger charge is -2.03. The van der Waals surface area contributed by atoms with E-state index in [0.717, 1.165) is 22.5 Å². The molecule has 3 rings (SSSR count). The highest BCUT2D eigenvalue weighted by molar-refractivity contribution is 5.69. The van der Waals surface area contributed by atoms with Gasteiger partial charge in [-0.3, -0.25) is 0 Å². The summed E-state index contributed by atoms with van der Waals surface area (Å²) in [5.41, 5.74) is 6.58. The molecular weight excluding hydrogens is 246 g/mol. The Balaban J connectivity index is 1.93. The van der Waals surface area contributed by atoms with Crippen LogP contribution in [0.25, 0.3) is 22.4 Å². The Labute approximate surface area is 118 Å². The maximum atomic E-state index is 9.25. The molecule has 0 atom stereocenters. The third kappa shape index (κ3) is 2.38. The first kappa shape index (κ1) is 12.7. The predicted octanol–water partition coefficient (Wildman–Crippen LogP) is 4.15. The van der Waals surface area contributed by atoms with E-state index in [1.165, 1.54) is 11.1 Å². The van der Waals surface area contributed by atoms with Crippen molar-refractivity contribution in [1.82, 2.24) is 4.98 Å². The van der Waals surface area contributed by atoms with Crippen molar-refractivity contribution in [3.8, 4) is 22.4 Å². The van der Waals surface area contributed by atoms with Gasteiger partial charge in [0.1, 0.15) is 0 Å². The number of aliphatic hydroxyl groups excluding tert-OH is 1. The maximum Gasteiger partial charge on any atom is 0.0699 e. The van der Waals surface area contributed by atoms with Gasteiger partial charge in [-0.05, 0) is 35.2 Å². The molecule has 0 unspecified atom stereocenters. The van der Waals surface area contributed by atoms with E-state index >= 15 is 0 Å². The van der Waals surface area contributed by atoms with Crippen molar-refractivity contribution in [1.29, 1.82) is 0 Å². The minimum absolute atomic E-state index is 0.0738. The average Bonchev–Trinajstić information content (AvgIpc) is 2.89. The minimum atomic E-state index is 0.0738. The zero-order valence-corrected chi connectivity index (χ0v) is 11.4. The molecule has 2 heteroatoms. The van der Waals surface area contributed by atoms with Gasteiger partial charge in [-0.1, -0.05) is 54.6 Å². The summed E-state index contributed by atoms with van der Waals surface area (Å²) in [4.78, 5) is 3.31. The van der Waals surface area contributed by atoms with Gasteiger partial charge < -0.3 is 10.1 Å². The molecule has 0 amide bonds. The number of benzene rings is 2. The first-order valence-electron chi connectivity index (χ1n) is 6.73. The van der Waals surface area contributed by atoms with Crippen LogP contribution in [-0.2, 0) is 6.61 Å². The van der Waals surface area contributed by atoms with Gasteiger partial charge in [-0.2, -0.15) is 0 Å². The van der Waals surface area contributed by atoms with Gasteiger partial charge in [0.2, 0.25) is 0 Å². The molecule has 2 nitrogen and oxygen atoms in total. The highest BCUT2D eigenvalue weighted by Gasteiger charge is 2.06. The number of H-pyrrole nitrogens is 1. The van der Waals surface area contributed by atoms with Crippen molar-refractivity contribution < 1.29 is 5.11 Å². The monoisotopic (exact) mass is 263 g/mol. The number of aliphatic hydroxyl groups is 1. The number of hydrogen-bond acceptors (Lipinski definition) is 1. The van der Waals surface area contributed by atoms with Gasteiger partial charge in [0, 0.05) is 11.4 Å². The number of hydrogen-bond donors (Lipinski definition) is 2. The normalized spacial score (nSPS) is 10.7. The van der Waals surface area contributed by atoms with E-state index in [1.54, 1.807) is 0 Å². The molecule has 0 aliphatic heterocycles. The lowest BCUT2D eigenvalue weighted by Crippen LogP contribution is -1.81. The zero-order chi connectivity index (χ0) is 13.9. The zero-order valence-electron chi connectivity index (χ0n) is 11.4. The molecule has 0 aliphatic rings. The average molecular weight is 263 g/mol. The maximum absolute atomic E-state index is 9.25. The lowest BCUT2D eigenvalue weighted by atomic mass is 10.0. The highest BCUT2D eigenvalue weighted by atomic mass is 16.3. The molecule has 0 saturated heterocycles. The minimum Gasteiger partial charge on any atom is -0.392 e. The first-order valence-corrected chi connectivity index (χ1v) is 6.73. The largest absolute Gasteiger partial charge is 0.392 e. The van der Waals surface area contributed by atoms with Crippen LogP contribution in [-0.4, -0.2) is 10.1 Å². The summed E-state index contributed by atoms with van der Waals surface area (Å²) in [5.74, 6) is 0. The molecule has 2 N–H and O–H groups in total. The number of aryl methyl sites for hydroxylation is 1. The summed E-state index contributed by atoms with van der Waals surface area (Å²) >= 11 is 0. The van der Waals surface area contributed by atoms with Crippen molar-refractivity contribution >= 4 is 0 Å². The molecule has 100 valence electrons. The SMILES string of the molecule is Cc1[nH]c(-c2ccc(-c3ccccc3)cc2)cc1CO. The Morgan fingerprint density at radius 1 is 0.850 bits per heavy atom. The quantitative estimate of drug-likeness (QED) is 0.731. The molecule has 0 bridgehead atoms. The molecule has 0 aliphatic carbocycles. The van der Waals surface area contributed by atoms with E-state index in [-0.39, 0.29) is 6.61 Å². The van der Waals surface area contributed by atoms with E-state index in [0.29, 0.717) is 0 Å². The molecule has 1 aromatic heterocycles. The van der Waals surface area contributed by atoms with E-state index in [9.17, 15) is 5.11 Å². The molecule has 20 heavy (non-hydrogen) atoms. The molecule has 0 fully saturated rings. The van der Waals surface area contributed by atoms with E-state index in [1.807, 2.05) is 31.2 Å². The Morgan fingerprint density at radius 3 is 2.05 bits per heavy atom. The fraction of sp³-hybridized carbons (Fsp3) is 0.111. The number of rotatable bonds is 3. The molecule has 1 heterocycles. The summed E-state index contributed by atoms with van der Waals surface area (Å²) in [7, 11) is 0. The van der Waals surface area contributed by atoms with Crippen LogP contribution in [0.4, 0.5) is 0 Å². The van der Waals surface area contributed by atoms with Gasteiger partial charge in [-0.15, -0.1) is 0 Å². The Morgan fingerprint density at radius 2 is 1.45 bits per heavy atom. The molecule has 0 saturated carbocycles. The van der Waals surface area contributed by atoms with Crippen molar-refractivity contribution in [3.63, 3.8) is 0 Å². The van der Waals surface area contributed by atoms with Crippen molar-refractivity contribution in [2.24, 2.45) is 0 Å². The van der Waals surface area contributed by atoms with E-state index < -0.39 is 0 Å². The molecular formula is C18H17NO. The third-order valence-corrected chi connectivity index (χ3v) is 3.60. The van der Waals surface area contributed by atoms with E-state index in [2.05, 4.69) is 41.4 Å². The molecule has 0 radical (unpaired) electrons. The fourth-order valence-electron chi connectivity index (χ4n) is 2.39. The summed E-state index contributed by atoms with van der Waals surface area (Å²) in [6.07, 6.45) is 0. The summed E-state index contributed by atoms with van der Waals surface area (Å²) < 4.78 is 0. The van der Waals surface area contributed by atoms with E-state index in [4.69, 9.17) is 0 Å². The van der Waals surface area contributed by atoms with Crippen LogP contribution in [0, 0.1) is 6.92 Å². The van der Waals surface area contributed by atoms with Crippen molar-refractivity contribution in [2.75, 3.05) is 0 Å². The van der Waals surface area contributed by atoms with Crippen LogP contribution >= 0.6 is 0 Å². The summed E-state index contributed by atoms with van der Waals surface area (Å²) in [6, 6.07) is 20.8. The Hall–Kier alpha value is -2.32. The number of aromatic nitrogens is 1. The molecule has 3 aromatic rings. The van der Waals surface area contributed by atoms with Crippen LogP contribution in [0.1, 0.15) is 11.3 Å². The molecule has 0 spiro atoms. The Kier molecular flexibility index (Phi) is 3.40. The van der Waals surface area contributed by atoms with Gasteiger partial charge in [0.15, 0.2) is 0 Å². The van der Waals surface area contributed by atoms with Crippen LogP contribution in [0.15, 0.2) is 60.7 Å². The van der Waals surface area contributed by atoms with Crippen molar-refractivity contribution in [3.05, 3.63) is 71.9 Å². The second-order valence-electron chi connectivity index (χ2n) is 4.93. The van der Waals surface area contributed by atoms with Crippen LogP contribution in [0.2, 0.25) is 0 Å². The number of nitrogens with one attached hydrogen (secondary N) is 1. The van der Waals surface area contributed by atoms with Gasteiger partial charge in [-0.25, -0.2) is 0 Å². The number of aromatic amines is 1. The second-order valence-corrected chi connectivity index (χ2v) is 4.93. The first-order chi connectivity index (χ1) is 9.78. The topological polar surface area (TPSA) is 36.0 Å². The Bertz CT molecular complexity index is 696. The standard InChI is InChI=1S/C18H17NO/c1-13-17(12-20)11-18(19-13)16-9-7-15(8-10-16)14-5-3-2-4-6-14/h2-11,19-20H,12H2,1H3. The van der Waals surface area contributed by atoms with Gasteiger partial charge in [0.25, 0.3) is 0 Å². The lowest BCUT2D eigenvalue weighted by molar-refractivity contribution is 0.281. The smallest absolute Gasteiger partial charge is 0.0699 e. The second kappa shape index (κ2) is 5.35. The van der Waals surface area contributed by atoms with Crippen molar-refractivity contribution in [2.45, 2.75) is 13.5 Å². The van der Waals surface area contributed by atoms with Crippen LogP contribution < -0.4 is 0 Å². The third-order valence-electron chi connectivity index (χ3n) is 3.60. The highest BCUT2D eigenvalue weighted by Crippen LogP contribution is 2.25. The predicted molar refractivity (Wildman–Crippen MR) is 82.3 cm³/mol. The van der Waals surface area contributed by atoms with Gasteiger partial charge in [0.05, 0.1) is 6.61 Å². The van der Waals surface area contributed by atoms with Crippen LogP contribution in [0.5, 0.6) is 0 Å².